The number of aromatic hydroxyl groups is 1. The van der Waals surface area contributed by atoms with Crippen LogP contribution in [0.25, 0.3) is 0 Å². The van der Waals surface area contributed by atoms with E-state index in [0.717, 1.165) is 36.8 Å². The predicted molar refractivity (Wildman–Crippen MR) is 107 cm³/mol. The van der Waals surface area contributed by atoms with Crippen molar-refractivity contribution < 1.29 is 19.7 Å². The number of carbonyl (C=O) groups is 1. The molecule has 0 radical (unpaired) electrons. The Hall–Kier alpha value is -2.84. The molecule has 1 fully saturated rings. The second-order valence-corrected chi connectivity index (χ2v) is 7.20. The fourth-order valence-corrected chi connectivity index (χ4v) is 3.46. The SMILES string of the molecule is C[C@@H](C(=O)Nc1cc([N+](=O)[O-])ccc1Cl)[NH+]1CCN(c2ccc(O)cc2)CC1. The summed E-state index contributed by atoms with van der Waals surface area (Å²) in [4.78, 5) is 26.4. The maximum Gasteiger partial charge on any atom is 0.282 e. The molecule has 1 saturated heterocycles. The number of phenols is 1. The average molecular weight is 406 g/mol. The number of benzene rings is 2. The van der Waals surface area contributed by atoms with E-state index < -0.39 is 4.92 Å². The number of nitrogens with one attached hydrogen (secondary N) is 2. The van der Waals surface area contributed by atoms with Crippen molar-refractivity contribution in [3.63, 3.8) is 0 Å². The molecule has 9 heteroatoms. The van der Waals surface area contributed by atoms with E-state index in [1.54, 1.807) is 12.1 Å². The Labute approximate surface area is 167 Å². The largest absolute Gasteiger partial charge is 0.508 e. The van der Waals surface area contributed by atoms with Gasteiger partial charge >= 0.3 is 0 Å². The zero-order valence-electron chi connectivity index (χ0n) is 15.4. The van der Waals surface area contributed by atoms with Gasteiger partial charge in [0, 0.05) is 17.8 Å². The maximum absolute atomic E-state index is 12.6. The molecular formula is C19H22ClN4O4+. The number of hydrogen-bond donors (Lipinski definition) is 3. The van der Waals surface area contributed by atoms with Gasteiger partial charge < -0.3 is 20.2 Å². The van der Waals surface area contributed by atoms with Gasteiger partial charge in [0.05, 0.1) is 41.8 Å². The highest BCUT2D eigenvalue weighted by atomic mass is 35.5. The summed E-state index contributed by atoms with van der Waals surface area (Å²) >= 11 is 6.06. The Kier molecular flexibility index (Phi) is 6.01. The van der Waals surface area contributed by atoms with Gasteiger partial charge in [-0.2, -0.15) is 0 Å². The number of nitro groups is 1. The summed E-state index contributed by atoms with van der Waals surface area (Å²) in [5.41, 5.74) is 1.16. The number of nitro benzene ring substituents is 1. The highest BCUT2D eigenvalue weighted by Gasteiger charge is 2.29. The van der Waals surface area contributed by atoms with E-state index in [1.165, 1.54) is 18.2 Å². The molecule has 3 rings (SSSR count). The van der Waals surface area contributed by atoms with Crippen molar-refractivity contribution in [1.82, 2.24) is 0 Å². The summed E-state index contributed by atoms with van der Waals surface area (Å²) in [5, 5.41) is 23.3. The summed E-state index contributed by atoms with van der Waals surface area (Å²) in [5.74, 6) is 0.00796. The summed E-state index contributed by atoms with van der Waals surface area (Å²) in [7, 11) is 0. The number of quaternary nitrogens is 1. The molecule has 28 heavy (non-hydrogen) atoms. The average Bonchev–Trinajstić information content (AvgIpc) is 2.69. The number of rotatable bonds is 5. The van der Waals surface area contributed by atoms with Crippen LogP contribution in [-0.2, 0) is 4.79 Å². The molecule has 0 unspecified atom stereocenters. The third-order valence-electron chi connectivity index (χ3n) is 5.04. The molecule has 0 aliphatic carbocycles. The molecule has 8 nitrogen and oxygen atoms in total. The van der Waals surface area contributed by atoms with E-state index in [-0.39, 0.29) is 34.1 Å². The number of amides is 1. The molecule has 1 amide bonds. The molecule has 0 aromatic heterocycles. The Morgan fingerprint density at radius 1 is 1.25 bits per heavy atom. The van der Waals surface area contributed by atoms with E-state index in [2.05, 4.69) is 10.2 Å². The van der Waals surface area contributed by atoms with Crippen molar-refractivity contribution in [3.05, 3.63) is 57.6 Å². The van der Waals surface area contributed by atoms with Gasteiger partial charge in [0.1, 0.15) is 5.75 Å². The number of halogens is 1. The molecule has 0 saturated carbocycles. The number of phenolic OH excluding ortho intramolecular Hbond substituents is 1. The smallest absolute Gasteiger partial charge is 0.282 e. The predicted octanol–water partition coefficient (Wildman–Crippen LogP) is 1.69. The lowest BCUT2D eigenvalue weighted by atomic mass is 10.2. The first-order valence-electron chi connectivity index (χ1n) is 8.98. The Morgan fingerprint density at radius 3 is 2.50 bits per heavy atom. The Bertz CT molecular complexity index is 867. The highest BCUT2D eigenvalue weighted by Crippen LogP contribution is 2.26. The number of anilines is 2. The first-order valence-corrected chi connectivity index (χ1v) is 9.36. The zero-order chi connectivity index (χ0) is 20.3. The minimum absolute atomic E-state index is 0.123. The molecule has 2 aromatic rings. The van der Waals surface area contributed by atoms with Gasteiger partial charge in [0.2, 0.25) is 0 Å². The molecular weight excluding hydrogens is 384 g/mol. The van der Waals surface area contributed by atoms with Crippen molar-refractivity contribution in [1.29, 1.82) is 0 Å². The summed E-state index contributed by atoms with van der Waals surface area (Å²) in [6.45, 7) is 4.97. The third kappa shape index (κ3) is 4.52. The molecule has 1 atom stereocenters. The van der Waals surface area contributed by atoms with Gasteiger partial charge in [0.25, 0.3) is 11.6 Å². The van der Waals surface area contributed by atoms with Crippen LogP contribution in [0.1, 0.15) is 6.92 Å². The standard InChI is InChI=1S/C19H21ClN4O4/c1-13(19(26)21-18-12-15(24(27)28)4-7-17(18)20)22-8-10-23(11-9-22)14-2-5-16(25)6-3-14/h2-7,12-13,25H,8-11H2,1H3,(H,21,26)/p+1/t13-/m0/s1. The quantitative estimate of drug-likeness (QED) is 0.519. The van der Waals surface area contributed by atoms with Crippen LogP contribution in [0.15, 0.2) is 42.5 Å². The van der Waals surface area contributed by atoms with Crippen LogP contribution in [0.2, 0.25) is 5.02 Å². The maximum atomic E-state index is 12.6. The van der Waals surface area contributed by atoms with E-state index >= 15 is 0 Å². The lowest BCUT2D eigenvalue weighted by molar-refractivity contribution is -0.914. The van der Waals surface area contributed by atoms with E-state index in [1.807, 2.05) is 19.1 Å². The van der Waals surface area contributed by atoms with Crippen LogP contribution in [0, 0.1) is 10.1 Å². The Morgan fingerprint density at radius 2 is 1.89 bits per heavy atom. The molecule has 0 bridgehead atoms. The van der Waals surface area contributed by atoms with Crippen LogP contribution in [0.3, 0.4) is 0 Å². The monoisotopic (exact) mass is 405 g/mol. The molecule has 2 aromatic carbocycles. The summed E-state index contributed by atoms with van der Waals surface area (Å²) in [6.07, 6.45) is 0. The van der Waals surface area contributed by atoms with Crippen LogP contribution in [-0.4, -0.2) is 48.2 Å². The minimum atomic E-state index is -0.525. The third-order valence-corrected chi connectivity index (χ3v) is 5.37. The second kappa shape index (κ2) is 8.45. The lowest BCUT2D eigenvalue weighted by Crippen LogP contribution is -3.19. The molecule has 1 aliphatic rings. The fraction of sp³-hybridized carbons (Fsp3) is 0.316. The highest BCUT2D eigenvalue weighted by molar-refractivity contribution is 6.33. The van der Waals surface area contributed by atoms with E-state index in [4.69, 9.17) is 11.6 Å². The molecule has 3 N–H and O–H groups in total. The molecule has 0 spiro atoms. The van der Waals surface area contributed by atoms with Crippen molar-refractivity contribution in [3.8, 4) is 5.75 Å². The van der Waals surface area contributed by atoms with E-state index in [0.29, 0.717) is 0 Å². The van der Waals surface area contributed by atoms with Crippen LogP contribution in [0.5, 0.6) is 5.75 Å². The zero-order valence-corrected chi connectivity index (χ0v) is 16.1. The van der Waals surface area contributed by atoms with Gasteiger partial charge in [0.15, 0.2) is 6.04 Å². The van der Waals surface area contributed by atoms with Crippen molar-refractivity contribution in [2.75, 3.05) is 36.4 Å². The molecule has 1 aliphatic heterocycles. The first kappa shape index (κ1) is 19.9. The molecule has 1 heterocycles. The second-order valence-electron chi connectivity index (χ2n) is 6.79. The topological polar surface area (TPSA) is 100 Å². The van der Waals surface area contributed by atoms with Crippen molar-refractivity contribution >= 4 is 34.6 Å². The van der Waals surface area contributed by atoms with Gasteiger partial charge in [-0.05, 0) is 37.3 Å². The number of hydrogen-bond acceptors (Lipinski definition) is 5. The normalized spacial score (nSPS) is 15.9. The van der Waals surface area contributed by atoms with Gasteiger partial charge in [-0.25, -0.2) is 0 Å². The number of carbonyl (C=O) groups excluding carboxylic acids is 1. The van der Waals surface area contributed by atoms with Gasteiger partial charge in [-0.15, -0.1) is 0 Å². The first-order chi connectivity index (χ1) is 13.3. The van der Waals surface area contributed by atoms with Gasteiger partial charge in [-0.1, -0.05) is 11.6 Å². The van der Waals surface area contributed by atoms with Crippen LogP contribution >= 0.6 is 11.6 Å². The minimum Gasteiger partial charge on any atom is -0.508 e. The number of piperazine rings is 1. The van der Waals surface area contributed by atoms with Crippen molar-refractivity contribution in [2.24, 2.45) is 0 Å². The van der Waals surface area contributed by atoms with Crippen molar-refractivity contribution in [2.45, 2.75) is 13.0 Å². The number of nitrogens with zero attached hydrogens (tertiary/aromatic N) is 2. The Balaban J connectivity index is 1.59. The summed E-state index contributed by atoms with van der Waals surface area (Å²) < 4.78 is 0. The summed E-state index contributed by atoms with van der Waals surface area (Å²) in [6, 6.07) is 10.7. The number of non-ortho nitro benzene ring substituents is 1. The molecule has 148 valence electrons. The van der Waals surface area contributed by atoms with Gasteiger partial charge in [-0.3, -0.25) is 14.9 Å². The fourth-order valence-electron chi connectivity index (χ4n) is 3.30. The van der Waals surface area contributed by atoms with Crippen LogP contribution < -0.4 is 15.1 Å². The lowest BCUT2D eigenvalue weighted by Gasteiger charge is -2.36. The van der Waals surface area contributed by atoms with E-state index in [9.17, 15) is 20.0 Å². The van der Waals surface area contributed by atoms with Crippen LogP contribution in [0.4, 0.5) is 17.1 Å².